The van der Waals surface area contributed by atoms with E-state index in [2.05, 4.69) is 12.1 Å². The van der Waals surface area contributed by atoms with Crippen LogP contribution in [0.1, 0.15) is 16.7 Å². The molecule has 1 amide bonds. The van der Waals surface area contributed by atoms with Crippen molar-refractivity contribution >= 4 is 32.8 Å². The molecule has 2 nitrogen and oxygen atoms in total. The van der Waals surface area contributed by atoms with Gasteiger partial charge in [-0.2, -0.15) is 0 Å². The third-order valence-electron chi connectivity index (χ3n) is 3.46. The van der Waals surface area contributed by atoms with Crippen molar-refractivity contribution < 1.29 is 4.79 Å². The minimum absolute atomic E-state index is 0.0574. The van der Waals surface area contributed by atoms with Crippen molar-refractivity contribution in [2.75, 3.05) is 0 Å². The molecule has 3 heteroatoms. The first kappa shape index (κ1) is 11.4. The monoisotopic (exact) mass is 277 g/mol. The Balaban J connectivity index is 1.94. The van der Waals surface area contributed by atoms with Crippen molar-refractivity contribution in [2.45, 2.75) is 0 Å². The van der Waals surface area contributed by atoms with E-state index in [0.717, 1.165) is 26.5 Å². The molecule has 4 rings (SSSR count). The highest BCUT2D eigenvalue weighted by molar-refractivity contribution is 8.00. The smallest absolute Gasteiger partial charge is 0.273 e. The molecule has 2 aromatic carbocycles. The van der Waals surface area contributed by atoms with Gasteiger partial charge in [0.05, 0.1) is 0 Å². The zero-order valence-electron chi connectivity index (χ0n) is 10.6. The Morgan fingerprint density at radius 1 is 0.900 bits per heavy atom. The van der Waals surface area contributed by atoms with E-state index < -0.39 is 0 Å². The van der Waals surface area contributed by atoms with Gasteiger partial charge in [0.2, 0.25) is 0 Å². The van der Waals surface area contributed by atoms with E-state index in [9.17, 15) is 4.79 Å². The summed E-state index contributed by atoms with van der Waals surface area (Å²) in [6, 6.07) is 18.0. The summed E-state index contributed by atoms with van der Waals surface area (Å²) >= 11 is 0. The molecule has 0 atom stereocenters. The van der Waals surface area contributed by atoms with Gasteiger partial charge in [0.1, 0.15) is 9.85 Å². The Morgan fingerprint density at radius 3 is 2.50 bits per heavy atom. The van der Waals surface area contributed by atoms with Crippen LogP contribution in [0.15, 0.2) is 60.8 Å². The van der Waals surface area contributed by atoms with E-state index in [1.165, 1.54) is 0 Å². The minimum atomic E-state index is 0.0574. The Morgan fingerprint density at radius 2 is 1.65 bits per heavy atom. The number of fused-ring (bicyclic) bond motifs is 3. The van der Waals surface area contributed by atoms with Crippen molar-refractivity contribution in [1.82, 2.24) is 4.90 Å². The number of nitrogens with zero attached hydrogens (tertiary/aromatic N) is 1. The molecule has 0 radical (unpaired) electrons. The van der Waals surface area contributed by atoms with Crippen LogP contribution in [0, 0.1) is 0 Å². The summed E-state index contributed by atoms with van der Waals surface area (Å²) in [5.74, 6) is 0.0574. The molecule has 0 saturated carbocycles. The largest absolute Gasteiger partial charge is 0.273 e. The molecule has 2 aliphatic heterocycles. The molecule has 20 heavy (non-hydrogen) atoms. The molecule has 2 aliphatic rings. The second-order valence-electron chi connectivity index (χ2n) is 4.68. The number of amides is 1. The number of benzene rings is 2. The summed E-state index contributed by atoms with van der Waals surface area (Å²) in [6.45, 7) is 0. The van der Waals surface area contributed by atoms with E-state index in [-0.39, 0.29) is 5.91 Å². The summed E-state index contributed by atoms with van der Waals surface area (Å²) in [5.41, 5.74) is 3.27. The van der Waals surface area contributed by atoms with Crippen LogP contribution in [-0.4, -0.2) is 20.7 Å². The van der Waals surface area contributed by atoms with E-state index in [1.54, 1.807) is 15.8 Å². The first-order valence-corrected chi connectivity index (χ1v) is 7.24. The van der Waals surface area contributed by atoms with E-state index >= 15 is 0 Å². The molecule has 2 aromatic rings. The van der Waals surface area contributed by atoms with Crippen LogP contribution in [0.3, 0.4) is 0 Å². The normalized spacial score (nSPS) is 16.0. The lowest BCUT2D eigenvalue weighted by atomic mass is 10.0. The van der Waals surface area contributed by atoms with Crippen LogP contribution >= 0.6 is 10.9 Å². The van der Waals surface area contributed by atoms with Crippen LogP contribution in [0.25, 0.3) is 6.08 Å². The third kappa shape index (κ3) is 1.60. The molecule has 0 fully saturated rings. The average molecular weight is 277 g/mol. The van der Waals surface area contributed by atoms with Gasteiger partial charge in [-0.1, -0.05) is 54.6 Å². The van der Waals surface area contributed by atoms with E-state index in [1.807, 2.05) is 54.7 Å². The number of carbonyl (C=O) groups is 1. The van der Waals surface area contributed by atoms with Crippen LogP contribution < -0.4 is 0 Å². The lowest BCUT2D eigenvalue weighted by Crippen LogP contribution is -2.33. The maximum Gasteiger partial charge on any atom is 0.273 e. The fourth-order valence-corrected chi connectivity index (χ4v) is 3.65. The van der Waals surface area contributed by atoms with Gasteiger partial charge in [-0.15, -0.1) is 10.9 Å². The average Bonchev–Trinajstić information content (AvgIpc) is 2.86. The highest BCUT2D eigenvalue weighted by Gasteiger charge is 2.30. The van der Waals surface area contributed by atoms with Gasteiger partial charge >= 0.3 is 0 Å². The Labute approximate surface area is 120 Å². The Kier molecular flexibility index (Phi) is 2.47. The molecule has 0 aliphatic carbocycles. The van der Waals surface area contributed by atoms with Gasteiger partial charge < -0.3 is 0 Å². The van der Waals surface area contributed by atoms with Gasteiger partial charge in [-0.25, -0.2) is 0 Å². The van der Waals surface area contributed by atoms with Gasteiger partial charge in [-0.05, 0) is 17.2 Å². The molecular formula is C17H11NOS. The Hall–Kier alpha value is -2.39. The van der Waals surface area contributed by atoms with Crippen LogP contribution in [-0.2, 0) is 4.79 Å². The van der Waals surface area contributed by atoms with Gasteiger partial charge in [0.15, 0.2) is 0 Å². The third-order valence-corrected chi connectivity index (χ3v) is 4.69. The second kappa shape index (κ2) is 4.32. The standard InChI is InChI=1S/C17H11NOS/c19-16-15(13-7-2-1-3-8-13)20-17-14-9-5-4-6-12(14)10-11-18(16)17/h1-11H. The maximum absolute atomic E-state index is 12.5. The van der Waals surface area contributed by atoms with Crippen molar-refractivity contribution in [1.29, 1.82) is 0 Å². The first-order valence-electron chi connectivity index (χ1n) is 6.43. The van der Waals surface area contributed by atoms with Gasteiger partial charge in [0.25, 0.3) is 5.91 Å². The number of rotatable bonds is 1. The predicted molar refractivity (Wildman–Crippen MR) is 84.6 cm³/mol. The molecule has 0 saturated heterocycles. The predicted octanol–water partition coefficient (Wildman–Crippen LogP) is 2.95. The highest BCUT2D eigenvalue weighted by atomic mass is 32.1. The molecule has 0 spiro atoms. The topological polar surface area (TPSA) is 20.3 Å². The second-order valence-corrected chi connectivity index (χ2v) is 5.68. The summed E-state index contributed by atoms with van der Waals surface area (Å²) in [5, 5.41) is 0. The van der Waals surface area contributed by atoms with Gasteiger partial charge in [0, 0.05) is 11.8 Å². The van der Waals surface area contributed by atoms with E-state index in [0.29, 0.717) is 0 Å². The van der Waals surface area contributed by atoms with Crippen LogP contribution in [0.2, 0.25) is 0 Å². The molecule has 96 valence electrons. The Bertz CT molecular complexity index is 814. The fourth-order valence-electron chi connectivity index (χ4n) is 2.48. The van der Waals surface area contributed by atoms with Crippen LogP contribution in [0.4, 0.5) is 0 Å². The maximum atomic E-state index is 12.5. The fraction of sp³-hybridized carbons (Fsp3) is 0. The number of hydrogen-bond acceptors (Lipinski definition) is 1. The molecule has 0 bridgehead atoms. The summed E-state index contributed by atoms with van der Waals surface area (Å²) in [6.07, 6.45) is 3.86. The van der Waals surface area contributed by atoms with E-state index in [4.69, 9.17) is 0 Å². The zero-order chi connectivity index (χ0) is 13.5. The van der Waals surface area contributed by atoms with Crippen molar-refractivity contribution in [3.8, 4) is 0 Å². The van der Waals surface area contributed by atoms with Crippen molar-refractivity contribution in [3.05, 3.63) is 77.5 Å². The van der Waals surface area contributed by atoms with Gasteiger partial charge in [-0.3, -0.25) is 9.69 Å². The lowest BCUT2D eigenvalue weighted by Gasteiger charge is -2.21. The zero-order valence-corrected chi connectivity index (χ0v) is 11.4. The highest BCUT2D eigenvalue weighted by Crippen LogP contribution is 2.26. The molecule has 0 unspecified atom stereocenters. The van der Waals surface area contributed by atoms with Crippen molar-refractivity contribution in [2.24, 2.45) is 0 Å². The SMILES string of the molecule is O=C1C(c2ccccc2)=S=C2c3ccccc3C=CN12. The summed E-state index contributed by atoms with van der Waals surface area (Å²) in [7, 11) is 1.56. The minimum Gasteiger partial charge on any atom is -0.273 e. The molecular weight excluding hydrogens is 266 g/mol. The number of hydrogen-bond donors (Lipinski definition) is 0. The summed E-state index contributed by atoms with van der Waals surface area (Å²) < 4.78 is 0. The molecule has 0 N–H and O–H groups in total. The van der Waals surface area contributed by atoms with Crippen molar-refractivity contribution in [3.63, 3.8) is 0 Å². The first-order chi connectivity index (χ1) is 9.84. The lowest BCUT2D eigenvalue weighted by molar-refractivity contribution is -0.118. The molecule has 2 heterocycles. The molecule has 0 aromatic heterocycles. The van der Waals surface area contributed by atoms with Crippen LogP contribution in [0.5, 0.6) is 0 Å². The quantitative estimate of drug-likeness (QED) is 0.734. The summed E-state index contributed by atoms with van der Waals surface area (Å²) in [4.78, 5) is 16.1. The number of carbonyl (C=O) groups excluding carboxylic acids is 1.